The summed E-state index contributed by atoms with van der Waals surface area (Å²) in [6, 6.07) is 1.74. The second kappa shape index (κ2) is 6.09. The van der Waals surface area contributed by atoms with Crippen molar-refractivity contribution in [2.75, 3.05) is 14.2 Å². The zero-order chi connectivity index (χ0) is 13.9. The first-order chi connectivity index (χ1) is 8.42. The van der Waals surface area contributed by atoms with Gasteiger partial charge in [0, 0.05) is 10.0 Å². The van der Waals surface area contributed by atoms with E-state index >= 15 is 0 Å². The highest BCUT2D eigenvalue weighted by molar-refractivity contribution is 9.10. The number of aliphatic carboxylic acids is 1. The van der Waals surface area contributed by atoms with Gasteiger partial charge < -0.3 is 14.6 Å². The number of methoxy groups -OCH3 is 2. The summed E-state index contributed by atoms with van der Waals surface area (Å²) in [6.07, 6.45) is -0.0472. The van der Waals surface area contributed by atoms with Crippen LogP contribution in [-0.2, 0) is 11.2 Å². The lowest BCUT2D eigenvalue weighted by Gasteiger charge is -2.20. The minimum absolute atomic E-state index is 0.0472. The molecule has 1 N–H and O–H groups in total. The first-order valence-corrected chi connectivity index (χ1v) is 6.36. The van der Waals surface area contributed by atoms with Gasteiger partial charge in [0.25, 0.3) is 0 Å². The van der Waals surface area contributed by atoms with Gasteiger partial charge in [-0.3, -0.25) is 4.79 Å². The van der Waals surface area contributed by atoms with E-state index in [9.17, 15) is 4.79 Å². The topological polar surface area (TPSA) is 55.8 Å². The first-order valence-electron chi connectivity index (χ1n) is 5.57. The van der Waals surface area contributed by atoms with Gasteiger partial charge in [-0.1, -0.05) is 29.8 Å². The van der Waals surface area contributed by atoms with Crippen LogP contribution in [0.4, 0.5) is 0 Å². The predicted molar refractivity (Wildman–Crippen MR) is 72.7 cm³/mol. The molecule has 0 aliphatic heterocycles. The minimum Gasteiger partial charge on any atom is -0.493 e. The average Bonchev–Trinajstić information content (AvgIpc) is 2.29. The Morgan fingerprint density at radius 3 is 2.39 bits per heavy atom. The SMILES string of the molecule is COc1cc(Br)c(CC(=O)O)c(C(C)C)c1OC. The molecule has 0 heterocycles. The van der Waals surface area contributed by atoms with E-state index in [1.54, 1.807) is 20.3 Å². The van der Waals surface area contributed by atoms with Crippen molar-refractivity contribution in [2.24, 2.45) is 0 Å². The van der Waals surface area contributed by atoms with Crippen molar-refractivity contribution in [3.8, 4) is 11.5 Å². The number of carboxylic acid groups (broad SMARTS) is 1. The number of hydrogen-bond donors (Lipinski definition) is 1. The van der Waals surface area contributed by atoms with Gasteiger partial charge in [-0.05, 0) is 17.5 Å². The Labute approximate surface area is 115 Å². The maximum atomic E-state index is 11.0. The third kappa shape index (κ3) is 2.96. The van der Waals surface area contributed by atoms with E-state index < -0.39 is 5.97 Å². The van der Waals surface area contributed by atoms with E-state index in [1.807, 2.05) is 13.8 Å². The smallest absolute Gasteiger partial charge is 0.307 e. The number of benzene rings is 1. The maximum Gasteiger partial charge on any atom is 0.307 e. The van der Waals surface area contributed by atoms with Crippen LogP contribution in [0.25, 0.3) is 0 Å². The number of carboxylic acids is 1. The Kier molecular flexibility index (Phi) is 5.02. The molecule has 0 amide bonds. The fourth-order valence-electron chi connectivity index (χ4n) is 1.97. The fourth-order valence-corrected chi connectivity index (χ4v) is 2.53. The van der Waals surface area contributed by atoms with Gasteiger partial charge >= 0.3 is 5.97 Å². The van der Waals surface area contributed by atoms with Crippen molar-refractivity contribution < 1.29 is 19.4 Å². The number of ether oxygens (including phenoxy) is 2. The molecule has 1 aromatic rings. The molecule has 1 aromatic carbocycles. The lowest BCUT2D eigenvalue weighted by Crippen LogP contribution is -2.08. The number of halogens is 1. The van der Waals surface area contributed by atoms with Gasteiger partial charge in [-0.2, -0.15) is 0 Å². The lowest BCUT2D eigenvalue weighted by atomic mass is 9.93. The first kappa shape index (κ1) is 14.8. The van der Waals surface area contributed by atoms with Crippen molar-refractivity contribution in [1.82, 2.24) is 0 Å². The normalized spacial score (nSPS) is 10.6. The Balaban J connectivity index is 3.53. The van der Waals surface area contributed by atoms with Gasteiger partial charge in [0.1, 0.15) is 0 Å². The predicted octanol–water partition coefficient (Wildman–Crippen LogP) is 3.22. The van der Waals surface area contributed by atoms with Crippen molar-refractivity contribution in [3.63, 3.8) is 0 Å². The lowest BCUT2D eigenvalue weighted by molar-refractivity contribution is -0.136. The Morgan fingerprint density at radius 2 is 2.00 bits per heavy atom. The van der Waals surface area contributed by atoms with Crippen LogP contribution in [0.1, 0.15) is 30.9 Å². The molecule has 0 saturated carbocycles. The van der Waals surface area contributed by atoms with Gasteiger partial charge in [0.05, 0.1) is 20.6 Å². The Hall–Kier alpha value is -1.23. The standard InChI is InChI=1S/C13H17BrO4/c1-7(2)12-8(5-11(15)16)9(14)6-10(17-3)13(12)18-4/h6-7H,5H2,1-4H3,(H,15,16). The van der Waals surface area contributed by atoms with E-state index in [-0.39, 0.29) is 12.3 Å². The zero-order valence-corrected chi connectivity index (χ0v) is 12.5. The largest absolute Gasteiger partial charge is 0.493 e. The molecule has 100 valence electrons. The molecule has 0 aliphatic rings. The van der Waals surface area contributed by atoms with E-state index in [1.165, 1.54) is 0 Å². The molecule has 5 heteroatoms. The van der Waals surface area contributed by atoms with Crippen molar-refractivity contribution in [2.45, 2.75) is 26.2 Å². The highest BCUT2D eigenvalue weighted by Gasteiger charge is 2.22. The summed E-state index contributed by atoms with van der Waals surface area (Å²) >= 11 is 3.40. The second-order valence-electron chi connectivity index (χ2n) is 4.21. The third-order valence-electron chi connectivity index (χ3n) is 2.67. The molecule has 18 heavy (non-hydrogen) atoms. The highest BCUT2D eigenvalue weighted by Crippen LogP contribution is 2.42. The minimum atomic E-state index is -0.871. The molecule has 4 nitrogen and oxygen atoms in total. The fraction of sp³-hybridized carbons (Fsp3) is 0.462. The summed E-state index contributed by atoms with van der Waals surface area (Å²) in [4.78, 5) is 11.0. The summed E-state index contributed by atoms with van der Waals surface area (Å²) < 4.78 is 11.4. The monoisotopic (exact) mass is 316 g/mol. The quantitative estimate of drug-likeness (QED) is 0.906. The van der Waals surface area contributed by atoms with Crippen molar-refractivity contribution >= 4 is 21.9 Å². The van der Waals surface area contributed by atoms with Crippen molar-refractivity contribution in [1.29, 1.82) is 0 Å². The molecule has 0 atom stereocenters. The van der Waals surface area contributed by atoms with Crippen LogP contribution in [-0.4, -0.2) is 25.3 Å². The highest BCUT2D eigenvalue weighted by atomic mass is 79.9. The van der Waals surface area contributed by atoms with Crippen LogP contribution >= 0.6 is 15.9 Å². The summed E-state index contributed by atoms with van der Waals surface area (Å²) in [6.45, 7) is 3.99. The number of carbonyl (C=O) groups is 1. The summed E-state index contributed by atoms with van der Waals surface area (Å²) in [5.41, 5.74) is 1.60. The second-order valence-corrected chi connectivity index (χ2v) is 5.07. The van der Waals surface area contributed by atoms with Crippen LogP contribution in [0, 0.1) is 0 Å². The van der Waals surface area contributed by atoms with Crippen molar-refractivity contribution in [3.05, 3.63) is 21.7 Å². The van der Waals surface area contributed by atoms with Gasteiger partial charge in [-0.25, -0.2) is 0 Å². The molecule has 1 rings (SSSR count). The van der Waals surface area contributed by atoms with Gasteiger partial charge in [0.15, 0.2) is 11.5 Å². The van der Waals surface area contributed by atoms with E-state index in [4.69, 9.17) is 14.6 Å². The number of rotatable bonds is 5. The molecule has 0 saturated heterocycles. The van der Waals surface area contributed by atoms with Gasteiger partial charge in [0.2, 0.25) is 0 Å². The Bertz CT molecular complexity index is 455. The Morgan fingerprint density at radius 1 is 1.39 bits per heavy atom. The molecule has 0 radical (unpaired) electrons. The van der Waals surface area contributed by atoms with E-state index in [0.29, 0.717) is 11.5 Å². The van der Waals surface area contributed by atoms with Gasteiger partial charge in [-0.15, -0.1) is 0 Å². The molecule has 0 aromatic heterocycles. The maximum absolute atomic E-state index is 11.0. The van der Waals surface area contributed by atoms with Crippen LogP contribution < -0.4 is 9.47 Å². The molecular weight excluding hydrogens is 300 g/mol. The van der Waals surface area contributed by atoms with Crippen LogP contribution in [0.3, 0.4) is 0 Å². The molecular formula is C13H17BrO4. The molecule has 0 fully saturated rings. The summed E-state index contributed by atoms with van der Waals surface area (Å²) in [7, 11) is 3.12. The zero-order valence-electron chi connectivity index (χ0n) is 10.9. The van der Waals surface area contributed by atoms with Crippen LogP contribution in [0.5, 0.6) is 11.5 Å². The van der Waals surface area contributed by atoms with Crippen LogP contribution in [0.2, 0.25) is 0 Å². The van der Waals surface area contributed by atoms with Crippen LogP contribution in [0.15, 0.2) is 10.5 Å². The average molecular weight is 317 g/mol. The molecule has 0 unspecified atom stereocenters. The number of hydrogen-bond acceptors (Lipinski definition) is 3. The van der Waals surface area contributed by atoms with E-state index in [0.717, 1.165) is 15.6 Å². The van der Waals surface area contributed by atoms with E-state index in [2.05, 4.69) is 15.9 Å². The molecule has 0 spiro atoms. The third-order valence-corrected chi connectivity index (χ3v) is 3.38. The summed E-state index contributed by atoms with van der Waals surface area (Å²) in [5, 5.41) is 8.99. The molecule has 0 bridgehead atoms. The summed E-state index contributed by atoms with van der Waals surface area (Å²) in [5.74, 6) is 0.472. The molecule has 0 aliphatic carbocycles.